The summed E-state index contributed by atoms with van der Waals surface area (Å²) >= 11 is 12.5. The number of benzene rings is 2. The van der Waals surface area contributed by atoms with Crippen molar-refractivity contribution < 1.29 is 0 Å². The first-order valence-corrected chi connectivity index (χ1v) is 10.5. The van der Waals surface area contributed by atoms with Crippen molar-refractivity contribution in [3.63, 3.8) is 0 Å². The van der Waals surface area contributed by atoms with Crippen molar-refractivity contribution in [1.82, 2.24) is 29.8 Å². The summed E-state index contributed by atoms with van der Waals surface area (Å²) < 4.78 is 1.94. The fourth-order valence-corrected chi connectivity index (χ4v) is 4.21. The molecule has 156 valence electrons. The van der Waals surface area contributed by atoms with E-state index in [2.05, 4.69) is 31.3 Å². The van der Waals surface area contributed by atoms with E-state index in [9.17, 15) is 0 Å². The standard InChI is InChI=1S/C22H19Cl2N7/c23-16-3-1-2-13(4-16)8-26-9-18-7-14-5-17(24)6-15(19(14)30-18)10-31-12-29-20-21(25)27-11-28-22(20)31/h1-7,11-12,26,30H,8-10H2,(H2,25,27,28). The molecule has 3 heterocycles. The fourth-order valence-electron chi connectivity index (χ4n) is 3.74. The Balaban J connectivity index is 1.40. The van der Waals surface area contributed by atoms with E-state index in [1.54, 1.807) is 6.33 Å². The fraction of sp³-hybridized carbons (Fsp3) is 0.136. The van der Waals surface area contributed by atoms with Crippen molar-refractivity contribution in [2.75, 3.05) is 5.73 Å². The maximum Gasteiger partial charge on any atom is 0.165 e. The van der Waals surface area contributed by atoms with Crippen LogP contribution in [0.4, 0.5) is 5.82 Å². The van der Waals surface area contributed by atoms with Crippen molar-refractivity contribution in [2.45, 2.75) is 19.6 Å². The van der Waals surface area contributed by atoms with Crippen molar-refractivity contribution >= 4 is 51.1 Å². The summed E-state index contributed by atoms with van der Waals surface area (Å²) in [5, 5.41) is 5.92. The Morgan fingerprint density at radius 3 is 2.77 bits per heavy atom. The van der Waals surface area contributed by atoms with E-state index in [1.807, 2.05) is 41.0 Å². The number of imidazole rings is 1. The lowest BCUT2D eigenvalue weighted by molar-refractivity contribution is 0.683. The predicted molar refractivity (Wildman–Crippen MR) is 124 cm³/mol. The van der Waals surface area contributed by atoms with Gasteiger partial charge in [0, 0.05) is 34.2 Å². The molecule has 7 nitrogen and oxygen atoms in total. The number of nitrogens with one attached hydrogen (secondary N) is 2. The van der Waals surface area contributed by atoms with E-state index in [4.69, 9.17) is 28.9 Å². The monoisotopic (exact) mass is 451 g/mol. The third kappa shape index (κ3) is 4.07. The molecule has 0 atom stereocenters. The van der Waals surface area contributed by atoms with Crippen LogP contribution in [0.15, 0.2) is 55.1 Å². The predicted octanol–water partition coefficient (Wildman–Crippen LogP) is 4.53. The van der Waals surface area contributed by atoms with Crippen LogP contribution in [0.5, 0.6) is 0 Å². The Labute approximate surface area is 188 Å². The number of aromatic amines is 1. The molecule has 0 aliphatic heterocycles. The molecule has 3 aromatic heterocycles. The summed E-state index contributed by atoms with van der Waals surface area (Å²) in [6.07, 6.45) is 3.17. The van der Waals surface area contributed by atoms with Crippen LogP contribution in [0.3, 0.4) is 0 Å². The van der Waals surface area contributed by atoms with Gasteiger partial charge in [-0.2, -0.15) is 0 Å². The second-order valence-corrected chi connectivity index (χ2v) is 8.23. The largest absolute Gasteiger partial charge is 0.382 e. The number of H-pyrrole nitrogens is 1. The van der Waals surface area contributed by atoms with Gasteiger partial charge < -0.3 is 20.6 Å². The third-order valence-corrected chi connectivity index (χ3v) is 5.59. The zero-order chi connectivity index (χ0) is 21.4. The van der Waals surface area contributed by atoms with Crippen LogP contribution in [0.1, 0.15) is 16.8 Å². The molecule has 0 spiro atoms. The van der Waals surface area contributed by atoms with Crippen LogP contribution in [-0.4, -0.2) is 24.5 Å². The Hall–Kier alpha value is -3.13. The summed E-state index contributed by atoms with van der Waals surface area (Å²) in [5.41, 5.74) is 11.5. The van der Waals surface area contributed by atoms with Gasteiger partial charge in [-0.1, -0.05) is 35.3 Å². The Morgan fingerprint density at radius 1 is 1.00 bits per heavy atom. The SMILES string of the molecule is Nc1ncnc2c1ncn2Cc1cc(Cl)cc2cc(CNCc3cccc(Cl)c3)[nH]c12. The van der Waals surface area contributed by atoms with Gasteiger partial charge in [0.05, 0.1) is 18.4 Å². The number of aromatic nitrogens is 5. The van der Waals surface area contributed by atoms with Gasteiger partial charge in [-0.3, -0.25) is 0 Å². The number of nitrogen functional groups attached to an aromatic ring is 1. The smallest absolute Gasteiger partial charge is 0.165 e. The Morgan fingerprint density at radius 2 is 1.90 bits per heavy atom. The van der Waals surface area contributed by atoms with Crippen LogP contribution in [0.25, 0.3) is 22.1 Å². The van der Waals surface area contributed by atoms with E-state index >= 15 is 0 Å². The van der Waals surface area contributed by atoms with Gasteiger partial charge in [-0.05, 0) is 41.5 Å². The van der Waals surface area contributed by atoms with Crippen LogP contribution in [0, 0.1) is 0 Å². The minimum absolute atomic E-state index is 0.368. The summed E-state index contributed by atoms with van der Waals surface area (Å²) in [6, 6.07) is 13.9. The number of hydrogen-bond acceptors (Lipinski definition) is 5. The van der Waals surface area contributed by atoms with Crippen LogP contribution in [0.2, 0.25) is 10.0 Å². The molecule has 0 fully saturated rings. The van der Waals surface area contributed by atoms with Crippen molar-refractivity contribution in [3.8, 4) is 0 Å². The minimum atomic E-state index is 0.368. The zero-order valence-electron chi connectivity index (χ0n) is 16.4. The number of halogens is 2. The van der Waals surface area contributed by atoms with Crippen LogP contribution in [-0.2, 0) is 19.6 Å². The topological polar surface area (TPSA) is 97.4 Å². The van der Waals surface area contributed by atoms with E-state index < -0.39 is 0 Å². The van der Waals surface area contributed by atoms with E-state index in [0.29, 0.717) is 35.1 Å². The number of nitrogens with two attached hydrogens (primary N) is 1. The quantitative estimate of drug-likeness (QED) is 0.352. The molecule has 5 aromatic rings. The van der Waals surface area contributed by atoms with Crippen LogP contribution < -0.4 is 11.1 Å². The lowest BCUT2D eigenvalue weighted by Crippen LogP contribution is -2.12. The lowest BCUT2D eigenvalue weighted by atomic mass is 10.1. The molecular formula is C22H19Cl2N7. The summed E-state index contributed by atoms with van der Waals surface area (Å²) in [5.74, 6) is 0.368. The Bertz CT molecular complexity index is 1390. The molecule has 4 N–H and O–H groups in total. The molecule has 0 saturated carbocycles. The first kappa shape index (κ1) is 19.8. The summed E-state index contributed by atoms with van der Waals surface area (Å²) in [7, 11) is 0. The van der Waals surface area contributed by atoms with Gasteiger partial charge in [-0.15, -0.1) is 0 Å². The van der Waals surface area contributed by atoms with Crippen LogP contribution >= 0.6 is 23.2 Å². The van der Waals surface area contributed by atoms with Crippen molar-refractivity contribution in [1.29, 1.82) is 0 Å². The molecule has 0 aliphatic rings. The van der Waals surface area contributed by atoms with Gasteiger partial charge >= 0.3 is 0 Å². The van der Waals surface area contributed by atoms with E-state index in [0.717, 1.165) is 39.3 Å². The first-order chi connectivity index (χ1) is 15.1. The molecule has 0 saturated heterocycles. The second kappa shape index (κ2) is 8.19. The highest BCUT2D eigenvalue weighted by Gasteiger charge is 2.12. The molecule has 0 aliphatic carbocycles. The first-order valence-electron chi connectivity index (χ1n) is 9.73. The van der Waals surface area contributed by atoms with Gasteiger partial charge in [0.2, 0.25) is 0 Å². The third-order valence-electron chi connectivity index (χ3n) is 5.13. The summed E-state index contributed by atoms with van der Waals surface area (Å²) in [4.78, 5) is 16.2. The number of rotatable bonds is 6. The molecule has 0 radical (unpaired) electrons. The normalized spacial score (nSPS) is 11.5. The molecule has 0 amide bonds. The highest BCUT2D eigenvalue weighted by atomic mass is 35.5. The molecular weight excluding hydrogens is 433 g/mol. The summed E-state index contributed by atoms with van der Waals surface area (Å²) in [6.45, 7) is 1.97. The van der Waals surface area contributed by atoms with Crippen molar-refractivity contribution in [3.05, 3.63) is 82.0 Å². The highest BCUT2D eigenvalue weighted by molar-refractivity contribution is 6.31. The van der Waals surface area contributed by atoms with E-state index in [-0.39, 0.29) is 0 Å². The molecule has 5 rings (SSSR count). The van der Waals surface area contributed by atoms with E-state index in [1.165, 1.54) is 6.33 Å². The molecule has 9 heteroatoms. The zero-order valence-corrected chi connectivity index (χ0v) is 18.0. The average Bonchev–Trinajstić information content (AvgIpc) is 3.33. The average molecular weight is 452 g/mol. The molecule has 0 bridgehead atoms. The highest BCUT2D eigenvalue weighted by Crippen LogP contribution is 2.26. The number of anilines is 1. The van der Waals surface area contributed by atoms with Gasteiger partial charge in [-0.25, -0.2) is 15.0 Å². The number of nitrogens with zero attached hydrogens (tertiary/aromatic N) is 4. The molecule has 31 heavy (non-hydrogen) atoms. The van der Waals surface area contributed by atoms with Gasteiger partial charge in [0.1, 0.15) is 11.8 Å². The maximum atomic E-state index is 6.40. The van der Waals surface area contributed by atoms with Gasteiger partial charge in [0.25, 0.3) is 0 Å². The maximum absolute atomic E-state index is 6.40. The number of fused-ring (bicyclic) bond motifs is 2. The number of hydrogen-bond donors (Lipinski definition) is 3. The molecule has 2 aromatic carbocycles. The molecule has 0 unspecified atom stereocenters. The second-order valence-electron chi connectivity index (χ2n) is 7.36. The minimum Gasteiger partial charge on any atom is -0.382 e. The van der Waals surface area contributed by atoms with Gasteiger partial charge in [0.15, 0.2) is 11.5 Å². The lowest BCUT2D eigenvalue weighted by Gasteiger charge is -2.07. The Kier molecular flexibility index (Phi) is 5.23. The van der Waals surface area contributed by atoms with Crippen molar-refractivity contribution in [2.24, 2.45) is 0 Å².